The third-order valence-corrected chi connectivity index (χ3v) is 5.48. The maximum absolute atomic E-state index is 11.8. The van der Waals surface area contributed by atoms with Gasteiger partial charge in [0.1, 0.15) is 0 Å². The van der Waals surface area contributed by atoms with Gasteiger partial charge in [-0.2, -0.15) is 0 Å². The Morgan fingerprint density at radius 1 is 1.35 bits per heavy atom. The lowest BCUT2D eigenvalue weighted by atomic mass is 10.2. The second-order valence-electron chi connectivity index (χ2n) is 4.76. The minimum absolute atomic E-state index is 0.236. The summed E-state index contributed by atoms with van der Waals surface area (Å²) in [5.41, 5.74) is 1.74. The van der Waals surface area contributed by atoms with Crippen molar-refractivity contribution >= 4 is 56.6 Å². The molecule has 0 atom stereocenters. The lowest BCUT2D eigenvalue weighted by Gasteiger charge is -2.08. The van der Waals surface area contributed by atoms with E-state index in [1.807, 2.05) is 36.6 Å². The van der Waals surface area contributed by atoms with Crippen LogP contribution in [0.15, 0.2) is 40.2 Å². The van der Waals surface area contributed by atoms with Crippen LogP contribution >= 0.6 is 39.0 Å². The van der Waals surface area contributed by atoms with Crippen LogP contribution in [0.3, 0.4) is 0 Å². The number of ether oxygens (including phenoxy) is 1. The molecular formula is C16H16BrNO3S2. The number of carbonyl (C=O) groups excluding carboxylic acids is 2. The maximum atomic E-state index is 11.8. The minimum atomic E-state index is -0.385. The van der Waals surface area contributed by atoms with E-state index < -0.39 is 0 Å². The minimum Gasteiger partial charge on any atom is -0.455 e. The molecule has 0 unspecified atom stereocenters. The summed E-state index contributed by atoms with van der Waals surface area (Å²) in [7, 11) is 0. The molecule has 0 fully saturated rings. The lowest BCUT2D eigenvalue weighted by Crippen LogP contribution is -2.21. The molecule has 0 spiro atoms. The van der Waals surface area contributed by atoms with Crippen LogP contribution in [0.25, 0.3) is 0 Å². The quantitative estimate of drug-likeness (QED) is 0.689. The summed E-state index contributed by atoms with van der Waals surface area (Å²) in [6, 6.07) is 9.61. The number of aryl methyl sites for hydroxylation is 1. The molecule has 7 heteroatoms. The number of halogens is 1. The third kappa shape index (κ3) is 6.37. The fourth-order valence-electron chi connectivity index (χ4n) is 1.73. The predicted octanol–water partition coefficient (Wildman–Crippen LogP) is 4.23. The fourth-order valence-corrected chi connectivity index (χ4v) is 3.98. The van der Waals surface area contributed by atoms with Gasteiger partial charge < -0.3 is 10.1 Å². The van der Waals surface area contributed by atoms with Gasteiger partial charge in [0, 0.05) is 15.1 Å². The predicted molar refractivity (Wildman–Crippen MR) is 98.9 cm³/mol. The van der Waals surface area contributed by atoms with E-state index in [1.54, 1.807) is 17.4 Å². The van der Waals surface area contributed by atoms with E-state index in [0.717, 1.165) is 15.8 Å². The van der Waals surface area contributed by atoms with Gasteiger partial charge in [-0.3, -0.25) is 9.59 Å². The molecule has 1 aromatic carbocycles. The summed E-state index contributed by atoms with van der Waals surface area (Å²) in [4.78, 5) is 24.6. The first-order chi connectivity index (χ1) is 11.0. The Hall–Kier alpha value is -1.31. The topological polar surface area (TPSA) is 55.4 Å². The van der Waals surface area contributed by atoms with Crippen molar-refractivity contribution in [1.29, 1.82) is 0 Å². The summed E-state index contributed by atoms with van der Waals surface area (Å²) in [5.74, 6) is 0.269. The summed E-state index contributed by atoms with van der Waals surface area (Å²) >= 11 is 6.51. The molecule has 1 heterocycles. The van der Waals surface area contributed by atoms with Gasteiger partial charge in [0.25, 0.3) is 5.91 Å². The number of thioether (sulfide) groups is 1. The van der Waals surface area contributed by atoms with Gasteiger partial charge in [-0.05, 0) is 52.0 Å². The van der Waals surface area contributed by atoms with Crippen molar-refractivity contribution < 1.29 is 14.3 Å². The number of nitrogens with one attached hydrogen (secondary N) is 1. The second kappa shape index (κ2) is 9.10. The average molecular weight is 414 g/mol. The van der Waals surface area contributed by atoms with Crippen molar-refractivity contribution in [1.82, 2.24) is 0 Å². The zero-order chi connectivity index (χ0) is 16.7. The van der Waals surface area contributed by atoms with Crippen LogP contribution in [-0.2, 0) is 20.1 Å². The highest BCUT2D eigenvalue weighted by Gasteiger charge is 2.10. The SMILES string of the molecule is Cc1ccc(NC(=O)COC(=O)CSCc2cccs2)c(Br)c1. The van der Waals surface area contributed by atoms with Crippen molar-refractivity contribution in [3.63, 3.8) is 0 Å². The molecule has 0 bridgehead atoms. The van der Waals surface area contributed by atoms with Crippen molar-refractivity contribution in [3.05, 3.63) is 50.6 Å². The van der Waals surface area contributed by atoms with E-state index in [9.17, 15) is 9.59 Å². The molecular weight excluding hydrogens is 398 g/mol. The van der Waals surface area contributed by atoms with Gasteiger partial charge >= 0.3 is 5.97 Å². The maximum Gasteiger partial charge on any atom is 0.316 e. The highest BCUT2D eigenvalue weighted by atomic mass is 79.9. The number of rotatable bonds is 7. The highest BCUT2D eigenvalue weighted by molar-refractivity contribution is 9.10. The van der Waals surface area contributed by atoms with E-state index in [4.69, 9.17) is 4.74 Å². The van der Waals surface area contributed by atoms with Crippen LogP contribution < -0.4 is 5.32 Å². The molecule has 0 radical (unpaired) electrons. The summed E-state index contributed by atoms with van der Waals surface area (Å²) in [6.45, 7) is 1.69. The summed E-state index contributed by atoms with van der Waals surface area (Å²) in [6.07, 6.45) is 0. The monoisotopic (exact) mass is 413 g/mol. The largest absolute Gasteiger partial charge is 0.455 e. The van der Waals surface area contributed by atoms with E-state index >= 15 is 0 Å². The molecule has 0 saturated heterocycles. The fraction of sp³-hybridized carbons (Fsp3) is 0.250. The molecule has 4 nitrogen and oxygen atoms in total. The molecule has 0 saturated carbocycles. The van der Waals surface area contributed by atoms with Crippen LogP contribution in [0.4, 0.5) is 5.69 Å². The Kier molecular flexibility index (Phi) is 7.14. The third-order valence-electron chi connectivity index (χ3n) is 2.81. The number of hydrogen-bond acceptors (Lipinski definition) is 5. The molecule has 2 aromatic rings. The van der Waals surface area contributed by atoms with E-state index in [-0.39, 0.29) is 24.2 Å². The molecule has 122 valence electrons. The highest BCUT2D eigenvalue weighted by Crippen LogP contribution is 2.23. The second-order valence-corrected chi connectivity index (χ2v) is 7.64. The van der Waals surface area contributed by atoms with Crippen LogP contribution in [0.5, 0.6) is 0 Å². The number of thiophene rings is 1. The smallest absolute Gasteiger partial charge is 0.316 e. The van der Waals surface area contributed by atoms with Crippen molar-refractivity contribution in [3.8, 4) is 0 Å². The molecule has 1 N–H and O–H groups in total. The van der Waals surface area contributed by atoms with Gasteiger partial charge in [-0.25, -0.2) is 0 Å². The zero-order valence-corrected chi connectivity index (χ0v) is 15.7. The van der Waals surface area contributed by atoms with E-state index in [1.165, 1.54) is 16.6 Å². The molecule has 2 rings (SSSR count). The number of hydrogen-bond donors (Lipinski definition) is 1. The summed E-state index contributed by atoms with van der Waals surface area (Å²) in [5, 5.41) is 4.70. The molecule has 1 aromatic heterocycles. The van der Waals surface area contributed by atoms with Crippen LogP contribution in [0, 0.1) is 6.92 Å². The average Bonchev–Trinajstić information content (AvgIpc) is 3.01. The first-order valence-corrected chi connectivity index (χ1v) is 9.69. The summed E-state index contributed by atoms with van der Waals surface area (Å²) < 4.78 is 5.77. The van der Waals surface area contributed by atoms with Gasteiger partial charge in [0.05, 0.1) is 11.4 Å². The van der Waals surface area contributed by atoms with Crippen molar-refractivity contribution in [2.24, 2.45) is 0 Å². The number of anilines is 1. The number of esters is 1. The Morgan fingerprint density at radius 3 is 2.87 bits per heavy atom. The molecule has 1 amide bonds. The number of amides is 1. The number of carbonyl (C=O) groups is 2. The molecule has 0 aliphatic rings. The van der Waals surface area contributed by atoms with Gasteiger partial charge in [0.2, 0.25) is 0 Å². The molecule has 0 aliphatic carbocycles. The first-order valence-electron chi connectivity index (χ1n) is 6.86. The lowest BCUT2D eigenvalue weighted by molar-refractivity contribution is -0.144. The Bertz CT molecular complexity index is 674. The van der Waals surface area contributed by atoms with Crippen LogP contribution in [0.1, 0.15) is 10.4 Å². The van der Waals surface area contributed by atoms with Crippen LogP contribution in [0.2, 0.25) is 0 Å². The van der Waals surface area contributed by atoms with Crippen molar-refractivity contribution in [2.75, 3.05) is 17.7 Å². The Labute approximate surface area is 151 Å². The Balaban J connectivity index is 1.68. The number of benzene rings is 1. The standard InChI is InChI=1S/C16H16BrNO3S2/c1-11-4-5-14(13(17)7-11)18-15(19)8-21-16(20)10-22-9-12-3-2-6-23-12/h2-7H,8-10H2,1H3,(H,18,19). The van der Waals surface area contributed by atoms with Crippen LogP contribution in [-0.4, -0.2) is 24.2 Å². The molecule has 0 aliphatic heterocycles. The first kappa shape index (κ1) is 18.0. The van der Waals surface area contributed by atoms with E-state index in [2.05, 4.69) is 21.2 Å². The zero-order valence-electron chi connectivity index (χ0n) is 12.5. The Morgan fingerprint density at radius 2 is 2.17 bits per heavy atom. The normalized spacial score (nSPS) is 10.3. The van der Waals surface area contributed by atoms with E-state index in [0.29, 0.717) is 5.69 Å². The van der Waals surface area contributed by atoms with Gasteiger partial charge in [-0.1, -0.05) is 12.1 Å². The van der Waals surface area contributed by atoms with Gasteiger partial charge in [0.15, 0.2) is 6.61 Å². The van der Waals surface area contributed by atoms with Gasteiger partial charge in [-0.15, -0.1) is 23.1 Å². The van der Waals surface area contributed by atoms with Crippen molar-refractivity contribution in [2.45, 2.75) is 12.7 Å². The molecule has 23 heavy (non-hydrogen) atoms.